The number of benzene rings is 1. The second kappa shape index (κ2) is 12.5. The highest BCUT2D eigenvalue weighted by atomic mass is 16.4. The number of nitrogens with one attached hydrogen (secondary N) is 1. The number of ketones is 1. The Bertz CT molecular complexity index is 1980. The summed E-state index contributed by atoms with van der Waals surface area (Å²) in [5, 5.41) is 17.5. The molecule has 2 aliphatic heterocycles. The molecule has 1 spiro atoms. The number of Topliss-reactive ketones (excluding diaryl/α,β-unsaturated/α-hetero) is 1. The van der Waals surface area contributed by atoms with Gasteiger partial charge in [0.25, 0.3) is 0 Å². The molecule has 1 aromatic carbocycles. The lowest BCUT2D eigenvalue weighted by Crippen LogP contribution is -2.48. The Morgan fingerprint density at radius 3 is 2.66 bits per heavy atom. The topological polar surface area (TPSA) is 129 Å². The van der Waals surface area contributed by atoms with Gasteiger partial charge in [0.1, 0.15) is 11.7 Å². The van der Waals surface area contributed by atoms with Gasteiger partial charge in [-0.15, -0.1) is 5.10 Å². The molecule has 1 unspecified atom stereocenters. The summed E-state index contributed by atoms with van der Waals surface area (Å²) < 4.78 is 1.87. The van der Waals surface area contributed by atoms with Crippen molar-refractivity contribution in [3.63, 3.8) is 0 Å². The Labute approximate surface area is 292 Å². The van der Waals surface area contributed by atoms with Crippen molar-refractivity contribution in [3.8, 4) is 0 Å². The van der Waals surface area contributed by atoms with Crippen molar-refractivity contribution in [2.45, 2.75) is 95.6 Å². The van der Waals surface area contributed by atoms with Gasteiger partial charge in [0, 0.05) is 37.8 Å². The zero-order valence-electron chi connectivity index (χ0n) is 29.1. The number of carboxylic acid groups (broad SMARTS) is 1. The van der Waals surface area contributed by atoms with Gasteiger partial charge in [0.05, 0.1) is 11.4 Å². The SMILES string of the molecule is C=Cc1nc2c(N3CCCc4ncccc43)nn(C3CCCCC3=O)c2nc1N1CCC2(CC1)Cc1ccccc1[C@H]2CC(C)(C)NC(=O)O. The van der Waals surface area contributed by atoms with Gasteiger partial charge in [0.15, 0.2) is 28.6 Å². The van der Waals surface area contributed by atoms with Crippen LogP contribution in [0.25, 0.3) is 17.2 Å². The van der Waals surface area contributed by atoms with Crippen molar-refractivity contribution in [2.75, 3.05) is 29.4 Å². The third-order valence-corrected chi connectivity index (χ3v) is 11.7. The van der Waals surface area contributed by atoms with E-state index in [0.717, 1.165) is 100 Å². The fraction of sp³-hybridized carbons (Fsp3) is 0.487. The molecular weight excluding hydrogens is 628 g/mol. The van der Waals surface area contributed by atoms with Crippen molar-refractivity contribution in [1.29, 1.82) is 0 Å². The van der Waals surface area contributed by atoms with Crippen LogP contribution in [0.15, 0.2) is 49.2 Å². The van der Waals surface area contributed by atoms with Crippen molar-refractivity contribution in [1.82, 2.24) is 30.0 Å². The van der Waals surface area contributed by atoms with E-state index in [1.54, 1.807) is 6.08 Å². The summed E-state index contributed by atoms with van der Waals surface area (Å²) in [5.74, 6) is 1.93. The van der Waals surface area contributed by atoms with Crippen LogP contribution in [0.2, 0.25) is 0 Å². The monoisotopic (exact) mass is 674 g/mol. The first-order valence-corrected chi connectivity index (χ1v) is 18.2. The van der Waals surface area contributed by atoms with Crippen LogP contribution < -0.4 is 15.1 Å². The van der Waals surface area contributed by atoms with Crippen LogP contribution in [0.5, 0.6) is 0 Å². The van der Waals surface area contributed by atoms with E-state index in [1.807, 2.05) is 30.8 Å². The van der Waals surface area contributed by atoms with Gasteiger partial charge in [0.2, 0.25) is 0 Å². The summed E-state index contributed by atoms with van der Waals surface area (Å²) in [6.07, 6.45) is 11.3. The first-order chi connectivity index (χ1) is 24.2. The van der Waals surface area contributed by atoms with Crippen molar-refractivity contribution >= 4 is 46.4 Å². The number of aromatic nitrogens is 5. The Morgan fingerprint density at radius 1 is 1.06 bits per heavy atom. The van der Waals surface area contributed by atoms with Crippen LogP contribution in [-0.4, -0.2) is 66.9 Å². The van der Waals surface area contributed by atoms with Gasteiger partial charge in [-0.1, -0.05) is 37.3 Å². The second-order valence-electron chi connectivity index (χ2n) is 15.3. The van der Waals surface area contributed by atoms with Crippen LogP contribution in [-0.2, 0) is 17.6 Å². The van der Waals surface area contributed by atoms with Crippen molar-refractivity contribution < 1.29 is 14.7 Å². The molecule has 2 N–H and O–H groups in total. The maximum absolute atomic E-state index is 13.4. The smallest absolute Gasteiger partial charge is 0.405 e. The lowest BCUT2D eigenvalue weighted by atomic mass is 9.66. The fourth-order valence-corrected chi connectivity index (χ4v) is 9.28. The minimum Gasteiger partial charge on any atom is -0.465 e. The van der Waals surface area contributed by atoms with E-state index >= 15 is 0 Å². The molecular formula is C39H46N8O3. The van der Waals surface area contributed by atoms with Gasteiger partial charge in [-0.2, -0.15) is 0 Å². The van der Waals surface area contributed by atoms with Gasteiger partial charge < -0.3 is 20.2 Å². The highest BCUT2D eigenvalue weighted by Gasteiger charge is 2.49. The number of hydrogen-bond donors (Lipinski definition) is 2. The average molecular weight is 675 g/mol. The van der Waals surface area contributed by atoms with Gasteiger partial charge in [-0.25, -0.2) is 19.4 Å². The maximum atomic E-state index is 13.4. The van der Waals surface area contributed by atoms with Crippen LogP contribution in [0.4, 0.5) is 22.1 Å². The van der Waals surface area contributed by atoms with E-state index < -0.39 is 11.6 Å². The lowest BCUT2D eigenvalue weighted by molar-refractivity contribution is -0.124. The molecule has 8 rings (SSSR count). The molecule has 11 heteroatoms. The number of anilines is 3. The number of nitrogens with zero attached hydrogens (tertiary/aromatic N) is 7. The molecule has 4 aliphatic rings. The Morgan fingerprint density at radius 2 is 1.88 bits per heavy atom. The van der Waals surface area contributed by atoms with Crippen LogP contribution in [0.3, 0.4) is 0 Å². The van der Waals surface area contributed by atoms with Crippen LogP contribution in [0.1, 0.15) is 99.7 Å². The van der Waals surface area contributed by atoms with Gasteiger partial charge in [-0.05, 0) is 106 Å². The molecule has 2 fully saturated rings. The van der Waals surface area contributed by atoms with E-state index in [4.69, 9.17) is 15.1 Å². The maximum Gasteiger partial charge on any atom is 0.405 e. The number of carbonyl (C=O) groups is 2. The molecule has 0 radical (unpaired) electrons. The third kappa shape index (κ3) is 5.60. The molecule has 5 heterocycles. The van der Waals surface area contributed by atoms with E-state index in [0.29, 0.717) is 23.3 Å². The zero-order valence-corrected chi connectivity index (χ0v) is 29.1. The molecule has 2 atom stereocenters. The first kappa shape index (κ1) is 32.4. The van der Waals surface area contributed by atoms with Crippen molar-refractivity contribution in [3.05, 3.63) is 71.7 Å². The van der Waals surface area contributed by atoms with Crippen LogP contribution in [0, 0.1) is 5.41 Å². The Kier molecular flexibility index (Phi) is 8.11. The van der Waals surface area contributed by atoms with E-state index in [-0.39, 0.29) is 23.2 Å². The van der Waals surface area contributed by atoms with Gasteiger partial charge >= 0.3 is 6.09 Å². The summed E-state index contributed by atoms with van der Waals surface area (Å²) in [5.41, 5.74) is 6.28. The Hall–Kier alpha value is -4.80. The molecule has 1 amide bonds. The summed E-state index contributed by atoms with van der Waals surface area (Å²) in [7, 11) is 0. The fourth-order valence-electron chi connectivity index (χ4n) is 9.28. The number of rotatable bonds is 7. The number of fused-ring (bicyclic) bond motifs is 3. The largest absolute Gasteiger partial charge is 0.465 e. The van der Waals surface area contributed by atoms with E-state index in [2.05, 4.69) is 57.0 Å². The first-order valence-electron chi connectivity index (χ1n) is 18.2. The minimum absolute atomic E-state index is 0.0165. The highest BCUT2D eigenvalue weighted by Crippen LogP contribution is 2.56. The molecule has 3 aromatic heterocycles. The summed E-state index contributed by atoms with van der Waals surface area (Å²) in [6, 6.07) is 12.4. The number of hydrogen-bond acceptors (Lipinski definition) is 8. The number of piperidine rings is 1. The quantitative estimate of drug-likeness (QED) is 0.213. The third-order valence-electron chi connectivity index (χ3n) is 11.7. The van der Waals surface area contributed by atoms with E-state index in [9.17, 15) is 14.7 Å². The lowest BCUT2D eigenvalue weighted by Gasteiger charge is -2.46. The normalized spacial score (nSPS) is 21.7. The van der Waals surface area contributed by atoms with Gasteiger partial charge in [-0.3, -0.25) is 9.78 Å². The molecule has 0 bridgehead atoms. The molecule has 4 aromatic rings. The average Bonchev–Trinajstić information content (AvgIpc) is 3.62. The molecule has 1 saturated heterocycles. The second-order valence-corrected chi connectivity index (χ2v) is 15.3. The number of aryl methyl sites for hydroxylation is 1. The predicted molar refractivity (Wildman–Crippen MR) is 194 cm³/mol. The summed E-state index contributed by atoms with van der Waals surface area (Å²) in [6.45, 7) is 10.5. The van der Waals surface area contributed by atoms with E-state index in [1.165, 1.54) is 11.1 Å². The number of pyridine rings is 1. The summed E-state index contributed by atoms with van der Waals surface area (Å²) in [4.78, 5) is 44.8. The minimum atomic E-state index is -0.991. The zero-order chi connectivity index (χ0) is 34.6. The van der Waals surface area contributed by atoms with Crippen molar-refractivity contribution in [2.24, 2.45) is 5.41 Å². The van der Waals surface area contributed by atoms with Crippen LogP contribution >= 0.6 is 0 Å². The number of carbonyl (C=O) groups excluding carboxylic acids is 1. The molecule has 260 valence electrons. The molecule has 1 saturated carbocycles. The molecule has 2 aliphatic carbocycles. The summed E-state index contributed by atoms with van der Waals surface area (Å²) >= 11 is 0. The molecule has 11 nitrogen and oxygen atoms in total. The molecule has 50 heavy (non-hydrogen) atoms. The standard InChI is InChI=1S/C39H46N8O3/c1-4-28-34(45-21-17-39(18-22-45)23-25-11-5-6-12-26(25)27(39)24-38(2,3)43-37(49)50)42-35-33(41-28)36(44-47(35)31-14-7-8-16-32(31)48)46-20-10-13-29-30(46)15-9-19-40-29/h4-6,9,11-12,15,19,27,31,43H,1,7-8,10,13-14,16-18,20-24H2,2-3H3,(H,49,50)/t27-,31?/m1/s1. The predicted octanol–water partition coefficient (Wildman–Crippen LogP) is 7.00. The number of amides is 1. The highest BCUT2D eigenvalue weighted by molar-refractivity contribution is 5.92. The Balaban J connectivity index is 1.16.